The van der Waals surface area contributed by atoms with Crippen molar-refractivity contribution in [1.82, 2.24) is 29.5 Å². The molecule has 0 aliphatic carbocycles. The van der Waals surface area contributed by atoms with Crippen molar-refractivity contribution in [3.63, 3.8) is 0 Å². The largest absolute Gasteiger partial charge is 0.329 e. The number of aromatic nitrogens is 5. The molecule has 1 saturated heterocycles. The van der Waals surface area contributed by atoms with Gasteiger partial charge in [-0.25, -0.2) is 9.97 Å². The van der Waals surface area contributed by atoms with Crippen LogP contribution < -0.4 is 5.32 Å². The van der Waals surface area contributed by atoms with Crippen LogP contribution in [-0.4, -0.2) is 42.6 Å². The van der Waals surface area contributed by atoms with E-state index in [1.54, 1.807) is 17.5 Å². The van der Waals surface area contributed by atoms with Gasteiger partial charge in [0.1, 0.15) is 0 Å². The number of hydrogen-bond acceptors (Lipinski definition) is 6. The summed E-state index contributed by atoms with van der Waals surface area (Å²) in [5, 5.41) is 11.5. The summed E-state index contributed by atoms with van der Waals surface area (Å²) in [6.45, 7) is 9.47. The first kappa shape index (κ1) is 20.6. The van der Waals surface area contributed by atoms with Gasteiger partial charge in [-0.3, -0.25) is 14.4 Å². The Morgan fingerprint density at radius 1 is 1.13 bits per heavy atom. The number of thiophene rings is 1. The monoisotopic (exact) mass is 423 g/mol. The van der Waals surface area contributed by atoms with E-state index in [0.29, 0.717) is 0 Å². The number of anilines is 2. The zero-order chi connectivity index (χ0) is 20.9. The molecule has 4 aromatic rings. The molecule has 0 atom stereocenters. The standard InChI is InChI=1S/C20H23N7S.C2H6/c1-14-12-27-17(15-9-22-23-10-15)11-21-20(27)19(24-14)25-18-6-5-16(28-18)13-26-7-3-2-4-8-26;1-2/h5-6,9-12H,2-4,7-8,13H2,1H3,(H,22,23)(H,24,25);1-2H3. The number of H-pyrrole nitrogens is 1. The van der Waals surface area contributed by atoms with Gasteiger partial charge in [0, 0.05) is 29.4 Å². The lowest BCUT2D eigenvalue weighted by Gasteiger charge is -2.25. The maximum Gasteiger partial charge on any atom is 0.180 e. The highest BCUT2D eigenvalue weighted by molar-refractivity contribution is 7.16. The molecule has 0 unspecified atom stereocenters. The van der Waals surface area contributed by atoms with Gasteiger partial charge in [0.2, 0.25) is 0 Å². The van der Waals surface area contributed by atoms with Crippen molar-refractivity contribution in [1.29, 1.82) is 0 Å². The number of rotatable bonds is 5. The first-order valence-electron chi connectivity index (χ1n) is 10.7. The summed E-state index contributed by atoms with van der Waals surface area (Å²) in [7, 11) is 0. The second kappa shape index (κ2) is 9.40. The van der Waals surface area contributed by atoms with Gasteiger partial charge in [0.15, 0.2) is 11.5 Å². The average Bonchev–Trinajstić information content (AvgIpc) is 3.51. The quantitative estimate of drug-likeness (QED) is 0.459. The third kappa shape index (κ3) is 4.39. The topological polar surface area (TPSA) is 74.1 Å². The van der Waals surface area contributed by atoms with Gasteiger partial charge >= 0.3 is 0 Å². The Morgan fingerprint density at radius 3 is 2.73 bits per heavy atom. The van der Waals surface area contributed by atoms with Crippen LogP contribution >= 0.6 is 11.3 Å². The molecule has 5 heterocycles. The summed E-state index contributed by atoms with van der Waals surface area (Å²) < 4.78 is 2.07. The van der Waals surface area contributed by atoms with E-state index in [-0.39, 0.29) is 0 Å². The van der Waals surface area contributed by atoms with Crippen molar-refractivity contribution >= 4 is 27.8 Å². The lowest BCUT2D eigenvalue weighted by molar-refractivity contribution is 0.222. The molecule has 4 aromatic heterocycles. The Balaban J connectivity index is 0.00000106. The van der Waals surface area contributed by atoms with E-state index in [1.807, 2.05) is 39.4 Å². The number of hydrogen-bond donors (Lipinski definition) is 2. The van der Waals surface area contributed by atoms with Crippen molar-refractivity contribution in [2.75, 3.05) is 18.4 Å². The zero-order valence-corrected chi connectivity index (χ0v) is 18.7. The fraction of sp³-hybridized carbons (Fsp3) is 0.409. The molecule has 0 amide bonds. The third-order valence-electron chi connectivity index (χ3n) is 5.14. The highest BCUT2D eigenvalue weighted by Crippen LogP contribution is 2.30. The summed E-state index contributed by atoms with van der Waals surface area (Å²) >= 11 is 1.80. The van der Waals surface area contributed by atoms with E-state index in [0.717, 1.165) is 40.0 Å². The van der Waals surface area contributed by atoms with Crippen LogP contribution in [0.4, 0.5) is 10.8 Å². The minimum absolute atomic E-state index is 0.779. The molecular weight excluding hydrogens is 394 g/mol. The van der Waals surface area contributed by atoms with E-state index in [1.165, 1.54) is 37.2 Å². The minimum Gasteiger partial charge on any atom is -0.329 e. The second-order valence-electron chi connectivity index (χ2n) is 7.28. The lowest BCUT2D eigenvalue weighted by atomic mass is 10.1. The number of likely N-dealkylation sites (tertiary alicyclic amines) is 1. The predicted molar refractivity (Wildman–Crippen MR) is 123 cm³/mol. The van der Waals surface area contributed by atoms with E-state index >= 15 is 0 Å². The van der Waals surface area contributed by atoms with Gasteiger partial charge in [-0.1, -0.05) is 20.3 Å². The molecule has 5 rings (SSSR count). The molecule has 0 saturated carbocycles. The summed E-state index contributed by atoms with van der Waals surface area (Å²) in [4.78, 5) is 13.2. The normalized spacial score (nSPS) is 14.5. The average molecular weight is 424 g/mol. The SMILES string of the molecule is CC.Cc1cn2c(-c3cn[nH]c3)cnc2c(Nc2ccc(CN3CCCCC3)s2)n1. The second-order valence-corrected chi connectivity index (χ2v) is 8.45. The highest BCUT2D eigenvalue weighted by atomic mass is 32.1. The van der Waals surface area contributed by atoms with Crippen molar-refractivity contribution < 1.29 is 0 Å². The summed E-state index contributed by atoms with van der Waals surface area (Å²) in [6, 6.07) is 4.36. The molecule has 30 heavy (non-hydrogen) atoms. The van der Waals surface area contributed by atoms with Gasteiger partial charge in [0.05, 0.1) is 28.8 Å². The first-order valence-corrected chi connectivity index (χ1v) is 11.5. The highest BCUT2D eigenvalue weighted by Gasteiger charge is 2.15. The van der Waals surface area contributed by atoms with Gasteiger partial charge in [-0.2, -0.15) is 5.10 Å². The molecule has 0 spiro atoms. The number of aryl methyl sites for hydroxylation is 1. The van der Waals surface area contributed by atoms with Crippen LogP contribution in [0.3, 0.4) is 0 Å². The van der Waals surface area contributed by atoms with Crippen molar-refractivity contribution in [3.8, 4) is 11.3 Å². The zero-order valence-electron chi connectivity index (χ0n) is 17.9. The molecule has 2 N–H and O–H groups in total. The molecule has 0 radical (unpaired) electrons. The number of fused-ring (bicyclic) bond motifs is 1. The molecule has 1 aliphatic heterocycles. The number of imidazole rings is 1. The van der Waals surface area contributed by atoms with Gasteiger partial charge in [0.25, 0.3) is 0 Å². The van der Waals surface area contributed by atoms with E-state index in [9.17, 15) is 0 Å². The first-order chi connectivity index (χ1) is 14.8. The molecule has 158 valence electrons. The Hall–Kier alpha value is -2.71. The molecule has 7 nitrogen and oxygen atoms in total. The lowest BCUT2D eigenvalue weighted by Crippen LogP contribution is -2.28. The minimum atomic E-state index is 0.779. The van der Waals surface area contributed by atoms with Crippen molar-refractivity contribution in [3.05, 3.63) is 47.5 Å². The molecule has 0 aromatic carbocycles. The third-order valence-corrected chi connectivity index (χ3v) is 6.12. The molecule has 8 heteroatoms. The van der Waals surface area contributed by atoms with Crippen LogP contribution in [0.1, 0.15) is 43.7 Å². The van der Waals surface area contributed by atoms with Gasteiger partial charge in [-0.05, 0) is 45.0 Å². The molecule has 1 fully saturated rings. The van der Waals surface area contributed by atoms with Crippen LogP contribution in [0, 0.1) is 6.92 Å². The fourth-order valence-electron chi connectivity index (χ4n) is 3.78. The van der Waals surface area contributed by atoms with E-state index in [2.05, 4.69) is 41.9 Å². The molecule has 1 aliphatic rings. The van der Waals surface area contributed by atoms with E-state index in [4.69, 9.17) is 4.98 Å². The predicted octanol–water partition coefficient (Wildman–Crippen LogP) is 5.25. The smallest absolute Gasteiger partial charge is 0.180 e. The Kier molecular flexibility index (Phi) is 6.44. The van der Waals surface area contributed by atoms with Crippen LogP contribution in [0.15, 0.2) is 36.9 Å². The number of piperidine rings is 1. The maximum absolute atomic E-state index is 4.69. The van der Waals surface area contributed by atoms with Crippen molar-refractivity contribution in [2.24, 2.45) is 0 Å². The van der Waals surface area contributed by atoms with Crippen LogP contribution in [0.25, 0.3) is 16.9 Å². The Bertz CT molecular complexity index is 1070. The summed E-state index contributed by atoms with van der Waals surface area (Å²) in [6.07, 6.45) is 11.6. The number of nitrogens with zero attached hydrogens (tertiary/aromatic N) is 5. The summed E-state index contributed by atoms with van der Waals surface area (Å²) in [5.74, 6) is 0.779. The van der Waals surface area contributed by atoms with Crippen molar-refractivity contribution in [2.45, 2.75) is 46.6 Å². The van der Waals surface area contributed by atoms with Crippen LogP contribution in [0.2, 0.25) is 0 Å². The Labute approximate surface area is 181 Å². The maximum atomic E-state index is 4.69. The fourth-order valence-corrected chi connectivity index (χ4v) is 4.73. The van der Waals surface area contributed by atoms with Gasteiger partial charge in [-0.15, -0.1) is 11.3 Å². The van der Waals surface area contributed by atoms with Gasteiger partial charge < -0.3 is 5.32 Å². The van der Waals surface area contributed by atoms with E-state index < -0.39 is 0 Å². The number of aromatic amines is 1. The Morgan fingerprint density at radius 2 is 1.97 bits per heavy atom. The molecular formula is C22H29N7S. The van der Waals surface area contributed by atoms with Crippen LogP contribution in [-0.2, 0) is 6.54 Å². The molecule has 0 bridgehead atoms. The van der Waals surface area contributed by atoms with Crippen LogP contribution in [0.5, 0.6) is 0 Å². The number of nitrogens with one attached hydrogen (secondary N) is 2. The summed E-state index contributed by atoms with van der Waals surface area (Å²) in [5.41, 5.74) is 3.74.